The molecule has 0 spiro atoms. The van der Waals surface area contributed by atoms with Crippen molar-refractivity contribution in [2.24, 2.45) is 0 Å². The Bertz CT molecular complexity index is 558. The number of aromatic nitrogens is 2. The summed E-state index contributed by atoms with van der Waals surface area (Å²) in [5, 5.41) is -0.765. The highest BCUT2D eigenvalue weighted by molar-refractivity contribution is 7.90. The van der Waals surface area contributed by atoms with Gasteiger partial charge in [0.15, 0.2) is 9.84 Å². The van der Waals surface area contributed by atoms with Crippen LogP contribution >= 0.6 is 0 Å². The van der Waals surface area contributed by atoms with Gasteiger partial charge >= 0.3 is 0 Å². The molecule has 0 saturated heterocycles. The molecule has 2 rings (SSSR count). The van der Waals surface area contributed by atoms with E-state index in [0.29, 0.717) is 11.6 Å². The maximum absolute atomic E-state index is 11.4. The molecule has 1 aliphatic carbocycles. The summed E-state index contributed by atoms with van der Waals surface area (Å²) in [5.74, 6) is 0.588. The summed E-state index contributed by atoms with van der Waals surface area (Å²) in [7, 11) is -3.23. The van der Waals surface area contributed by atoms with E-state index < -0.39 is 15.1 Å². The zero-order valence-corrected chi connectivity index (χ0v) is 10.0. The molecule has 1 aliphatic rings. The Morgan fingerprint density at radius 2 is 2.12 bits per heavy atom. The smallest absolute Gasteiger partial charge is 0.251 e. The second-order valence-electron chi connectivity index (χ2n) is 4.30. The van der Waals surface area contributed by atoms with Gasteiger partial charge in [-0.1, -0.05) is 0 Å². The molecule has 1 atom stereocenters. The van der Waals surface area contributed by atoms with Gasteiger partial charge < -0.3 is 4.98 Å². The van der Waals surface area contributed by atoms with Crippen LogP contribution in [0.4, 0.5) is 0 Å². The average Bonchev–Trinajstić information content (AvgIpc) is 2.97. The highest BCUT2D eigenvalue weighted by Gasteiger charge is 2.27. The fourth-order valence-electron chi connectivity index (χ4n) is 1.48. The van der Waals surface area contributed by atoms with Gasteiger partial charge in [0.2, 0.25) is 0 Å². The minimum atomic E-state index is -3.23. The number of aromatic amines is 1. The van der Waals surface area contributed by atoms with E-state index in [1.54, 1.807) is 0 Å². The summed E-state index contributed by atoms with van der Waals surface area (Å²) in [6.07, 6.45) is 3.20. The molecule has 16 heavy (non-hydrogen) atoms. The van der Waals surface area contributed by atoms with E-state index in [0.717, 1.165) is 19.1 Å². The van der Waals surface area contributed by atoms with Crippen molar-refractivity contribution < 1.29 is 8.42 Å². The average molecular weight is 242 g/mol. The molecule has 0 aromatic carbocycles. The lowest BCUT2D eigenvalue weighted by Crippen LogP contribution is -2.18. The van der Waals surface area contributed by atoms with Gasteiger partial charge in [-0.05, 0) is 19.8 Å². The van der Waals surface area contributed by atoms with Crippen LogP contribution < -0.4 is 5.56 Å². The Labute approximate surface area is 93.8 Å². The van der Waals surface area contributed by atoms with Gasteiger partial charge in [-0.25, -0.2) is 13.4 Å². The standard InChI is InChI=1S/C10H14N2O3S/c1-6(16(2,14)15)10-11-8(7-3-4-7)5-9(13)12-10/h5-7H,3-4H2,1-2H3,(H,11,12,13). The first kappa shape index (κ1) is 11.3. The molecule has 1 aromatic rings. The van der Waals surface area contributed by atoms with Crippen LogP contribution in [0.5, 0.6) is 0 Å². The van der Waals surface area contributed by atoms with Gasteiger partial charge in [-0.15, -0.1) is 0 Å². The maximum atomic E-state index is 11.4. The van der Waals surface area contributed by atoms with Crippen molar-refractivity contribution in [2.45, 2.75) is 30.9 Å². The predicted molar refractivity (Wildman–Crippen MR) is 60.1 cm³/mol. The molecule has 1 unspecified atom stereocenters. The number of rotatable bonds is 3. The Kier molecular flexibility index (Phi) is 2.61. The summed E-state index contributed by atoms with van der Waals surface area (Å²) in [6.45, 7) is 1.53. The lowest BCUT2D eigenvalue weighted by molar-refractivity contribution is 0.588. The fourth-order valence-corrected chi connectivity index (χ4v) is 2.00. The summed E-state index contributed by atoms with van der Waals surface area (Å²) in [6, 6.07) is 1.45. The van der Waals surface area contributed by atoms with Gasteiger partial charge in [-0.3, -0.25) is 4.79 Å². The molecule has 0 amide bonds. The molecular weight excluding hydrogens is 228 g/mol. The number of nitrogens with zero attached hydrogens (tertiary/aromatic N) is 1. The Hall–Kier alpha value is -1.17. The third-order valence-electron chi connectivity index (χ3n) is 2.80. The highest BCUT2D eigenvalue weighted by Crippen LogP contribution is 2.38. The highest BCUT2D eigenvalue weighted by atomic mass is 32.2. The van der Waals surface area contributed by atoms with Crippen molar-refractivity contribution in [1.29, 1.82) is 0 Å². The van der Waals surface area contributed by atoms with Crippen molar-refractivity contribution in [3.05, 3.63) is 27.9 Å². The molecule has 0 aliphatic heterocycles. The topological polar surface area (TPSA) is 79.9 Å². The second-order valence-corrected chi connectivity index (χ2v) is 6.67. The zero-order chi connectivity index (χ0) is 11.9. The molecule has 6 heteroatoms. The monoisotopic (exact) mass is 242 g/mol. The molecule has 1 heterocycles. The van der Waals surface area contributed by atoms with E-state index in [9.17, 15) is 13.2 Å². The van der Waals surface area contributed by atoms with Crippen molar-refractivity contribution in [2.75, 3.05) is 6.26 Å². The molecule has 1 saturated carbocycles. The molecular formula is C10H14N2O3S. The molecule has 1 aromatic heterocycles. The number of H-pyrrole nitrogens is 1. The van der Waals surface area contributed by atoms with Gasteiger partial charge in [0.25, 0.3) is 5.56 Å². The van der Waals surface area contributed by atoms with Crippen LogP contribution in [0.2, 0.25) is 0 Å². The van der Waals surface area contributed by atoms with Crippen LogP contribution in [0, 0.1) is 0 Å². The van der Waals surface area contributed by atoms with Crippen LogP contribution in [0.15, 0.2) is 10.9 Å². The first-order valence-electron chi connectivity index (χ1n) is 5.18. The molecule has 88 valence electrons. The van der Waals surface area contributed by atoms with E-state index in [1.807, 2.05) is 0 Å². The second kappa shape index (κ2) is 3.69. The molecule has 0 bridgehead atoms. The van der Waals surface area contributed by atoms with Gasteiger partial charge in [0.1, 0.15) is 11.1 Å². The normalized spacial score (nSPS) is 18.4. The van der Waals surface area contributed by atoms with Crippen LogP contribution in [0.3, 0.4) is 0 Å². The predicted octanol–water partition coefficient (Wildman–Crippen LogP) is 0.753. The van der Waals surface area contributed by atoms with E-state index >= 15 is 0 Å². The minimum absolute atomic E-state index is 0.247. The van der Waals surface area contributed by atoms with Crippen LogP contribution in [0.1, 0.15) is 42.5 Å². The fraction of sp³-hybridized carbons (Fsp3) is 0.600. The Morgan fingerprint density at radius 1 is 1.50 bits per heavy atom. The SMILES string of the molecule is CC(c1nc(C2CC2)cc(=O)[nH]1)S(C)(=O)=O. The molecule has 5 nitrogen and oxygen atoms in total. The number of hydrogen-bond acceptors (Lipinski definition) is 4. The third kappa shape index (κ3) is 2.32. The minimum Gasteiger partial charge on any atom is -0.309 e. The lowest BCUT2D eigenvalue weighted by atomic mass is 10.3. The summed E-state index contributed by atoms with van der Waals surface area (Å²) >= 11 is 0. The van der Waals surface area contributed by atoms with Gasteiger partial charge in [0, 0.05) is 18.2 Å². The van der Waals surface area contributed by atoms with Crippen molar-refractivity contribution in [1.82, 2.24) is 9.97 Å². The number of nitrogens with one attached hydrogen (secondary N) is 1. The summed E-state index contributed by atoms with van der Waals surface area (Å²) in [4.78, 5) is 18.1. The lowest BCUT2D eigenvalue weighted by Gasteiger charge is -2.09. The Balaban J connectivity index is 2.45. The number of hydrogen-bond donors (Lipinski definition) is 1. The largest absolute Gasteiger partial charge is 0.309 e. The quantitative estimate of drug-likeness (QED) is 0.848. The van der Waals surface area contributed by atoms with Gasteiger partial charge in [-0.2, -0.15) is 0 Å². The molecule has 0 radical (unpaired) electrons. The summed E-state index contributed by atoms with van der Waals surface area (Å²) in [5.41, 5.74) is 0.441. The van der Waals surface area contributed by atoms with Crippen molar-refractivity contribution in [3.8, 4) is 0 Å². The summed E-state index contributed by atoms with van der Waals surface area (Å²) < 4.78 is 22.8. The number of sulfone groups is 1. The van der Waals surface area contributed by atoms with E-state index in [2.05, 4.69) is 9.97 Å². The van der Waals surface area contributed by atoms with E-state index in [-0.39, 0.29) is 11.4 Å². The molecule has 1 N–H and O–H groups in total. The molecule has 1 fully saturated rings. The zero-order valence-electron chi connectivity index (χ0n) is 9.23. The van der Waals surface area contributed by atoms with Gasteiger partial charge in [0.05, 0.1) is 5.69 Å². The van der Waals surface area contributed by atoms with E-state index in [4.69, 9.17) is 0 Å². The first-order valence-corrected chi connectivity index (χ1v) is 7.13. The third-order valence-corrected chi connectivity index (χ3v) is 4.31. The Morgan fingerprint density at radius 3 is 2.62 bits per heavy atom. The van der Waals surface area contributed by atoms with Crippen LogP contribution in [-0.2, 0) is 9.84 Å². The van der Waals surface area contributed by atoms with Crippen LogP contribution in [0.25, 0.3) is 0 Å². The van der Waals surface area contributed by atoms with Crippen molar-refractivity contribution >= 4 is 9.84 Å². The van der Waals surface area contributed by atoms with Crippen LogP contribution in [-0.4, -0.2) is 24.6 Å². The maximum Gasteiger partial charge on any atom is 0.251 e. The van der Waals surface area contributed by atoms with Crippen molar-refractivity contribution in [3.63, 3.8) is 0 Å². The first-order chi connectivity index (χ1) is 7.38. The van der Waals surface area contributed by atoms with E-state index in [1.165, 1.54) is 13.0 Å².